The van der Waals surface area contributed by atoms with Crippen LogP contribution in [0.1, 0.15) is 395 Å². The van der Waals surface area contributed by atoms with Crippen LogP contribution in [0.15, 0.2) is 0 Å². The molecule has 0 spiro atoms. The Morgan fingerprint density at radius 3 is 1.02 bits per heavy atom. The summed E-state index contributed by atoms with van der Waals surface area (Å²) in [6.45, 7) is 9.93. The van der Waals surface area contributed by atoms with Crippen molar-refractivity contribution in [3.8, 4) is 0 Å². The number of hydrogen-bond acceptors (Lipinski definition) is 18. The predicted octanol–water partition coefficient (Wildman–Crippen LogP) is 13.2. The molecule has 7 atom stereocenters. The van der Waals surface area contributed by atoms with Crippen molar-refractivity contribution in [1.29, 1.82) is 0 Å². The Labute approximate surface area is 712 Å². The molecule has 27 heteroatoms. The number of carboxylic acid groups (broad SMARTS) is 1. The Kier molecular flexibility index (Phi) is 83.4. The molecule has 23 nitrogen and oxygen atoms in total. The van der Waals surface area contributed by atoms with Crippen molar-refractivity contribution in [1.82, 2.24) is 21.3 Å². The number of carbonyl (C=O) groups is 7. The van der Waals surface area contributed by atoms with Gasteiger partial charge in [-0.1, -0.05) is 305 Å². The SMILES string of the molecule is CCCCCCCCCCCC(=O)CC(=O)N[C@H](COCC[C@@H](CCCCCCC)OC(=O)CCCCCCCCCCC)COP(=O)([O-])OCCNC(=O)NCCOP(=O)([O-])OC[C@@H](COCC[C@@H](CCCCCCC)C(CCCCCCCCCC)C(=O)O)NC(=O)CC(=O)CCCCCCCCCCC.[Na+].[Na+]. The number of nitrogens with one attached hydrogen (secondary N) is 4. The second-order valence-electron chi connectivity index (χ2n) is 30.2. The van der Waals surface area contributed by atoms with E-state index in [9.17, 15) is 57.6 Å². The molecule has 5 N–H and O–H groups in total. The predicted molar refractivity (Wildman–Crippen MR) is 428 cm³/mol. The Morgan fingerprint density at radius 1 is 0.355 bits per heavy atom. The summed E-state index contributed by atoms with van der Waals surface area (Å²) in [5.74, 6) is -3.49. The third-order valence-electron chi connectivity index (χ3n) is 19.9. The largest absolute Gasteiger partial charge is 1.00 e. The van der Waals surface area contributed by atoms with Crippen molar-refractivity contribution in [2.24, 2.45) is 11.8 Å². The number of aliphatic carboxylic acids is 1. The van der Waals surface area contributed by atoms with Gasteiger partial charge in [-0.05, 0) is 57.3 Å². The third kappa shape index (κ3) is 75.4. The van der Waals surface area contributed by atoms with Gasteiger partial charge in [-0.2, -0.15) is 0 Å². The number of ketones is 2. The van der Waals surface area contributed by atoms with Gasteiger partial charge in [-0.15, -0.1) is 0 Å². The first kappa shape index (κ1) is 113. The molecular weight excluding hydrogens is 1460 g/mol. The Morgan fingerprint density at radius 2 is 0.664 bits per heavy atom. The molecule has 0 aromatic heterocycles. The van der Waals surface area contributed by atoms with Gasteiger partial charge in [-0.25, -0.2) is 4.79 Å². The van der Waals surface area contributed by atoms with Crippen LogP contribution in [0.4, 0.5) is 4.79 Å². The van der Waals surface area contributed by atoms with Crippen LogP contribution in [0.3, 0.4) is 0 Å². The summed E-state index contributed by atoms with van der Waals surface area (Å²) in [6.07, 6.45) is 51.1. The number of ether oxygens (including phenoxy) is 3. The molecule has 0 fully saturated rings. The van der Waals surface area contributed by atoms with Crippen LogP contribution >= 0.6 is 15.6 Å². The number of rotatable bonds is 84. The molecule has 110 heavy (non-hydrogen) atoms. The Balaban J connectivity index is -0.0000572. The standard InChI is InChI=1S/C83H160N4O19P2.2Na/c1-7-13-19-25-29-33-36-42-47-53-75(88)66-79(90)86-73(68-100-62-58-72(52-46-40-23-17-11-5)78(82(93)94)56-50-44-38-32-28-22-16-10-4)70-104-107(96,97)102-64-60-84-83(95)85-61-65-103-108(98,99)105-71-74(87-80(91)67-76(89)54-48-43-37-34-30-26-20-14-8-2)69-101-63-59-77(55-49-41-24-18-12-6)106-81(92)57-51-45-39-35-31-27-21-15-9-3;;/h72-74,77-78H,7-71H2,1-6H3,(H,86,90)(H,87,91)(H,93,94)(H,96,97)(H,98,99)(H2,84,85,95);;/q;2*+1/p-2/t72-,73-,74-,77-,78?;;/m1../s1. The van der Waals surface area contributed by atoms with E-state index in [0.29, 0.717) is 44.9 Å². The van der Waals surface area contributed by atoms with Gasteiger partial charge in [0, 0.05) is 45.4 Å². The molecule has 0 heterocycles. The summed E-state index contributed by atoms with van der Waals surface area (Å²) >= 11 is 0. The molecular formula is C83H158N4Na2O19P2. The van der Waals surface area contributed by atoms with Crippen LogP contribution < -0.4 is 90.2 Å². The summed E-state index contributed by atoms with van der Waals surface area (Å²) in [4.78, 5) is 117. The number of esters is 1. The molecule has 3 unspecified atom stereocenters. The molecule has 0 rings (SSSR count). The van der Waals surface area contributed by atoms with E-state index in [0.717, 1.165) is 173 Å². The van der Waals surface area contributed by atoms with Gasteiger partial charge < -0.3 is 68.5 Å². The average molecular weight is 1620 g/mol. The summed E-state index contributed by atoms with van der Waals surface area (Å²) in [5.41, 5.74) is 0. The van der Waals surface area contributed by atoms with Crippen LogP contribution in [-0.2, 0) is 70.2 Å². The fourth-order valence-electron chi connectivity index (χ4n) is 13.3. The maximum atomic E-state index is 13.3. The average Bonchev–Trinajstić information content (AvgIpc) is 0.865. The molecule has 0 radical (unpaired) electrons. The number of amides is 4. The second-order valence-corrected chi connectivity index (χ2v) is 33.1. The van der Waals surface area contributed by atoms with E-state index in [1.54, 1.807) is 0 Å². The molecule has 0 aromatic carbocycles. The molecule has 0 saturated carbocycles. The summed E-state index contributed by atoms with van der Waals surface area (Å²) < 4.78 is 64.6. The molecule has 0 aromatic rings. The maximum Gasteiger partial charge on any atom is 1.00 e. The minimum atomic E-state index is -5.07. The first-order chi connectivity index (χ1) is 52.2. The molecule has 636 valence electrons. The summed E-state index contributed by atoms with van der Waals surface area (Å²) in [6, 6.07) is -2.88. The van der Waals surface area contributed by atoms with Crippen LogP contribution in [0.25, 0.3) is 0 Å². The van der Waals surface area contributed by atoms with E-state index in [1.807, 2.05) is 0 Å². The number of carboxylic acids is 1. The topological polar surface area (TPSA) is 333 Å². The van der Waals surface area contributed by atoms with Crippen LogP contribution in [0.2, 0.25) is 0 Å². The van der Waals surface area contributed by atoms with E-state index in [-0.39, 0.29) is 141 Å². The molecule has 0 aliphatic rings. The van der Waals surface area contributed by atoms with Gasteiger partial charge in [0.15, 0.2) is 0 Å². The van der Waals surface area contributed by atoms with Crippen LogP contribution in [0.5, 0.6) is 0 Å². The maximum absolute atomic E-state index is 13.3. The smallest absolute Gasteiger partial charge is 0.756 e. The van der Waals surface area contributed by atoms with Crippen molar-refractivity contribution in [2.75, 3.05) is 65.9 Å². The van der Waals surface area contributed by atoms with Gasteiger partial charge in [0.1, 0.15) is 17.7 Å². The van der Waals surface area contributed by atoms with Gasteiger partial charge in [0.25, 0.3) is 15.6 Å². The van der Waals surface area contributed by atoms with Crippen LogP contribution in [-0.4, -0.2) is 131 Å². The number of phosphoric acid groups is 2. The van der Waals surface area contributed by atoms with Gasteiger partial charge in [-0.3, -0.25) is 37.9 Å². The van der Waals surface area contributed by atoms with Crippen molar-refractivity contribution in [2.45, 2.75) is 413 Å². The van der Waals surface area contributed by atoms with Crippen LogP contribution in [0, 0.1) is 11.8 Å². The van der Waals surface area contributed by atoms with Gasteiger partial charge >= 0.3 is 77.1 Å². The molecule has 4 amide bonds. The van der Waals surface area contributed by atoms with Crippen molar-refractivity contribution in [3.63, 3.8) is 0 Å². The fraction of sp³-hybridized carbons (Fsp3) is 0.916. The van der Waals surface area contributed by atoms with E-state index >= 15 is 0 Å². The number of urea groups is 1. The van der Waals surface area contributed by atoms with E-state index in [2.05, 4.69) is 62.8 Å². The van der Waals surface area contributed by atoms with E-state index in [1.165, 1.54) is 109 Å². The van der Waals surface area contributed by atoms with Gasteiger partial charge in [0.2, 0.25) is 11.8 Å². The number of carbonyl (C=O) groups excluding carboxylic acids is 6. The molecule has 0 bridgehead atoms. The Hall–Kier alpha value is -1.37. The van der Waals surface area contributed by atoms with E-state index in [4.69, 9.17) is 32.3 Å². The number of Topliss-reactive ketones (excluding diaryl/α,β-unsaturated/α-hetero) is 2. The minimum absolute atomic E-state index is 0. The third-order valence-corrected chi connectivity index (χ3v) is 21.8. The van der Waals surface area contributed by atoms with Crippen molar-refractivity contribution in [3.05, 3.63) is 0 Å². The monoisotopic (exact) mass is 1620 g/mol. The zero-order valence-corrected chi connectivity index (χ0v) is 76.8. The molecule has 0 aliphatic carbocycles. The zero-order chi connectivity index (χ0) is 79.7. The second kappa shape index (κ2) is 81.4. The normalized spacial score (nSPS) is 13.9. The first-order valence-corrected chi connectivity index (χ1v) is 46.6. The summed E-state index contributed by atoms with van der Waals surface area (Å²) in [7, 11) is -10.1. The quantitative estimate of drug-likeness (QED) is 0.0124. The number of phosphoric ester groups is 2. The number of unbranched alkanes of at least 4 members (excludes halogenated alkanes) is 39. The minimum Gasteiger partial charge on any atom is -0.756 e. The summed E-state index contributed by atoms with van der Waals surface area (Å²) in [5, 5.41) is 20.7. The zero-order valence-electron chi connectivity index (χ0n) is 71.0. The van der Waals surface area contributed by atoms with E-state index < -0.39 is 96.7 Å². The Bertz CT molecular complexity index is 2300. The number of hydrogen-bond donors (Lipinski definition) is 5. The van der Waals surface area contributed by atoms with Crippen molar-refractivity contribution >= 4 is 57.0 Å². The van der Waals surface area contributed by atoms with Gasteiger partial charge in [0.05, 0.1) is 77.1 Å². The fourth-order valence-corrected chi connectivity index (χ4v) is 14.8. The first-order valence-electron chi connectivity index (χ1n) is 43.7. The molecule has 0 saturated heterocycles. The molecule has 0 aliphatic heterocycles. The van der Waals surface area contributed by atoms with Crippen molar-refractivity contribution < 1.29 is 149 Å².